The number of hydrogen-bond acceptors (Lipinski definition) is 12. The van der Waals surface area contributed by atoms with Crippen molar-refractivity contribution < 1.29 is 63.1 Å². The van der Waals surface area contributed by atoms with Crippen molar-refractivity contribution in [1.29, 1.82) is 0 Å². The fourth-order valence-electron chi connectivity index (χ4n) is 6.84. The zero-order valence-electron chi connectivity index (χ0n) is 39.5. The number of ether oxygens (including phenoxy) is 2. The minimum Gasteiger partial charge on any atom is -0.462 e. The summed E-state index contributed by atoms with van der Waals surface area (Å²) in [5.74, 6) is -1.21. The van der Waals surface area contributed by atoms with Crippen molar-refractivity contribution in [2.45, 2.75) is 211 Å². The molecule has 1 aliphatic rings. The Morgan fingerprint density at radius 1 is 0.492 bits per heavy atom. The van der Waals surface area contributed by atoms with Crippen LogP contribution in [0, 0.1) is 0 Å². The van der Waals surface area contributed by atoms with Crippen molar-refractivity contribution in [2.24, 2.45) is 0 Å². The summed E-state index contributed by atoms with van der Waals surface area (Å²) in [5.41, 5.74) is 0. The first-order valence-corrected chi connectivity index (χ1v) is 25.9. The van der Waals surface area contributed by atoms with Crippen LogP contribution in [0.15, 0.2) is 85.1 Å². The SMILES string of the molecule is CC/C=C/C/C=C/C/C=C/C/C=C/C/C=C/C/C=C/CCC(=O)OC[C@@H](COP(=O)(O)OC1C(O)C(O)C(O)[C@H](O)C1O)OC(=O)CCCCCCCCC/C=C/CCCCCCCC. The summed E-state index contributed by atoms with van der Waals surface area (Å²) < 4.78 is 33.5. The van der Waals surface area contributed by atoms with Gasteiger partial charge < -0.3 is 39.9 Å². The molecular formula is C51H85O13P. The molecule has 1 saturated carbocycles. The molecule has 0 aromatic carbocycles. The highest BCUT2D eigenvalue weighted by Gasteiger charge is 2.51. The summed E-state index contributed by atoms with van der Waals surface area (Å²) in [7, 11) is -5.14. The molecule has 372 valence electrons. The van der Waals surface area contributed by atoms with E-state index in [1.54, 1.807) is 0 Å². The molecule has 1 rings (SSSR count). The predicted molar refractivity (Wildman–Crippen MR) is 258 cm³/mol. The van der Waals surface area contributed by atoms with Gasteiger partial charge >= 0.3 is 19.8 Å². The lowest BCUT2D eigenvalue weighted by molar-refractivity contribution is -0.220. The number of allylic oxidation sites excluding steroid dienone is 14. The Morgan fingerprint density at radius 2 is 0.908 bits per heavy atom. The summed E-state index contributed by atoms with van der Waals surface area (Å²) in [6.07, 6.45) is 39.3. The first kappa shape index (κ1) is 60.0. The number of carbonyl (C=O) groups excluding carboxylic acids is 2. The number of aliphatic hydroxyl groups excluding tert-OH is 5. The molecule has 0 heterocycles. The van der Waals surface area contributed by atoms with Crippen LogP contribution in [-0.2, 0) is 32.7 Å². The second-order valence-corrected chi connectivity index (χ2v) is 18.0. The van der Waals surface area contributed by atoms with Crippen molar-refractivity contribution in [2.75, 3.05) is 13.2 Å². The quantitative estimate of drug-likeness (QED) is 0.0147. The third-order valence-electron chi connectivity index (χ3n) is 10.7. The molecule has 0 spiro atoms. The lowest BCUT2D eigenvalue weighted by atomic mass is 9.85. The van der Waals surface area contributed by atoms with Crippen LogP contribution in [0.3, 0.4) is 0 Å². The Labute approximate surface area is 390 Å². The Hall–Kier alpha value is -2.97. The molecule has 1 aliphatic carbocycles. The molecule has 0 bridgehead atoms. The van der Waals surface area contributed by atoms with Crippen molar-refractivity contribution in [1.82, 2.24) is 0 Å². The third-order valence-corrected chi connectivity index (χ3v) is 11.7. The third kappa shape index (κ3) is 32.4. The van der Waals surface area contributed by atoms with E-state index in [4.69, 9.17) is 18.5 Å². The van der Waals surface area contributed by atoms with Crippen molar-refractivity contribution >= 4 is 19.8 Å². The molecule has 0 aliphatic heterocycles. The van der Waals surface area contributed by atoms with Crippen molar-refractivity contribution in [3.8, 4) is 0 Å². The molecule has 8 atom stereocenters. The van der Waals surface area contributed by atoms with Gasteiger partial charge in [0.05, 0.1) is 6.61 Å². The van der Waals surface area contributed by atoms with Gasteiger partial charge in [0.15, 0.2) is 6.10 Å². The predicted octanol–water partition coefficient (Wildman–Crippen LogP) is 10.1. The molecule has 0 aromatic rings. The van der Waals surface area contributed by atoms with Gasteiger partial charge in [-0.25, -0.2) is 4.57 Å². The molecule has 6 N–H and O–H groups in total. The van der Waals surface area contributed by atoms with Gasteiger partial charge in [-0.3, -0.25) is 18.6 Å². The molecule has 1 fully saturated rings. The van der Waals surface area contributed by atoms with E-state index in [2.05, 4.69) is 80.7 Å². The van der Waals surface area contributed by atoms with E-state index in [0.717, 1.165) is 83.5 Å². The van der Waals surface area contributed by atoms with Crippen LogP contribution in [0.25, 0.3) is 0 Å². The highest BCUT2D eigenvalue weighted by Crippen LogP contribution is 2.47. The fraction of sp³-hybridized carbons (Fsp3) is 0.686. The van der Waals surface area contributed by atoms with Crippen molar-refractivity contribution in [3.63, 3.8) is 0 Å². The second-order valence-electron chi connectivity index (χ2n) is 16.6. The average molecular weight is 937 g/mol. The van der Waals surface area contributed by atoms with Gasteiger partial charge in [-0.05, 0) is 77.0 Å². The Morgan fingerprint density at radius 3 is 1.40 bits per heavy atom. The number of phosphoric ester groups is 1. The monoisotopic (exact) mass is 937 g/mol. The maximum atomic E-state index is 12.8. The number of phosphoric acid groups is 1. The zero-order valence-corrected chi connectivity index (χ0v) is 40.4. The van der Waals surface area contributed by atoms with Crippen LogP contribution in [0.2, 0.25) is 0 Å². The van der Waals surface area contributed by atoms with Crippen molar-refractivity contribution in [3.05, 3.63) is 85.1 Å². The van der Waals surface area contributed by atoms with Gasteiger partial charge in [-0.2, -0.15) is 0 Å². The van der Waals surface area contributed by atoms with Crippen LogP contribution in [0.4, 0.5) is 0 Å². The topological polar surface area (TPSA) is 210 Å². The smallest absolute Gasteiger partial charge is 0.462 e. The standard InChI is InChI=1S/C51H85O13P/c1-3-5-7-9-11-13-15-17-19-21-22-24-25-27-29-31-33-35-37-39-44(52)61-41-43(42-62-65(59,60)64-51-49(57)47(55)46(54)48(56)50(51)58)63-45(53)40-38-36-34-32-30-28-26-23-20-18-16-14-12-10-8-6-4-2/h5,7,11,13,17-20,22,24,27,29,33,35,43,46-51,54-58H,3-4,6,8-10,12,14-16,21,23,25-26,28,30-32,34,36-42H2,1-2H3,(H,59,60)/b7-5+,13-11+,19-17+,20-18+,24-22+,29-27+,35-33+/t43-,46?,47-,48?,49?,50?,51?/m0/s1. The summed E-state index contributed by atoms with van der Waals surface area (Å²) in [6, 6.07) is 0. The molecule has 13 nitrogen and oxygen atoms in total. The maximum Gasteiger partial charge on any atom is 0.472 e. The summed E-state index contributed by atoms with van der Waals surface area (Å²) in [4.78, 5) is 35.7. The van der Waals surface area contributed by atoms with E-state index >= 15 is 0 Å². The molecular weight excluding hydrogens is 852 g/mol. The van der Waals surface area contributed by atoms with Crippen LogP contribution in [0.1, 0.15) is 168 Å². The highest BCUT2D eigenvalue weighted by atomic mass is 31.2. The molecule has 65 heavy (non-hydrogen) atoms. The normalized spacial score (nSPS) is 22.2. The lowest BCUT2D eigenvalue weighted by Crippen LogP contribution is -2.64. The lowest BCUT2D eigenvalue weighted by Gasteiger charge is -2.41. The Kier molecular flexibility index (Phi) is 37.1. The molecule has 0 amide bonds. The highest BCUT2D eigenvalue weighted by molar-refractivity contribution is 7.47. The maximum absolute atomic E-state index is 12.8. The number of rotatable bonds is 39. The number of esters is 2. The first-order valence-electron chi connectivity index (χ1n) is 24.4. The van der Waals surface area contributed by atoms with E-state index in [9.17, 15) is 44.6 Å². The Balaban J connectivity index is 2.49. The van der Waals surface area contributed by atoms with Gasteiger partial charge in [0.2, 0.25) is 0 Å². The van der Waals surface area contributed by atoms with E-state index in [0.29, 0.717) is 19.3 Å². The molecule has 0 aromatic heterocycles. The van der Waals surface area contributed by atoms with Gasteiger partial charge in [-0.15, -0.1) is 0 Å². The van der Waals surface area contributed by atoms with E-state index in [-0.39, 0.29) is 12.8 Å². The Bertz CT molecular complexity index is 1460. The summed E-state index contributed by atoms with van der Waals surface area (Å²) in [5, 5.41) is 50.2. The van der Waals surface area contributed by atoms with E-state index in [1.807, 2.05) is 18.2 Å². The van der Waals surface area contributed by atoms with E-state index in [1.165, 1.54) is 38.5 Å². The number of unbranched alkanes of at least 4 members (excludes halogenated alkanes) is 13. The minimum atomic E-state index is -5.14. The average Bonchev–Trinajstić information content (AvgIpc) is 3.29. The summed E-state index contributed by atoms with van der Waals surface area (Å²) >= 11 is 0. The van der Waals surface area contributed by atoms with Crippen LogP contribution in [0.5, 0.6) is 0 Å². The zero-order chi connectivity index (χ0) is 47.8. The molecule has 6 unspecified atom stereocenters. The van der Waals surface area contributed by atoms with E-state index < -0.39 is 75.7 Å². The number of aliphatic hydroxyl groups is 5. The number of hydrogen-bond donors (Lipinski definition) is 6. The molecule has 0 radical (unpaired) electrons. The largest absolute Gasteiger partial charge is 0.472 e. The van der Waals surface area contributed by atoms with Gasteiger partial charge in [0, 0.05) is 12.8 Å². The van der Waals surface area contributed by atoms with Gasteiger partial charge in [0.1, 0.15) is 43.2 Å². The fourth-order valence-corrected chi connectivity index (χ4v) is 7.81. The summed E-state index contributed by atoms with van der Waals surface area (Å²) in [6.45, 7) is 3.11. The van der Waals surface area contributed by atoms with Gasteiger partial charge in [0.25, 0.3) is 0 Å². The van der Waals surface area contributed by atoms with Crippen LogP contribution < -0.4 is 0 Å². The molecule has 0 saturated heterocycles. The number of carbonyl (C=O) groups is 2. The first-order chi connectivity index (χ1) is 31.4. The van der Waals surface area contributed by atoms with Gasteiger partial charge in [-0.1, -0.05) is 163 Å². The minimum absolute atomic E-state index is 0.0369. The van der Waals surface area contributed by atoms with Crippen LogP contribution >= 0.6 is 7.82 Å². The molecule has 14 heteroatoms. The second kappa shape index (κ2) is 40.1. The van der Waals surface area contributed by atoms with Crippen LogP contribution in [-0.4, -0.2) is 98.3 Å².